The normalized spacial score (nSPS) is 10.2. The minimum atomic E-state index is 0.892. The standard InChI is InChI=1S/C14H13BrOS/c1-16-12-7-8-13(15)14(9-12)17-10-11-5-3-2-4-6-11/h2-9H,10H2,1H3. The quantitative estimate of drug-likeness (QED) is 0.754. The molecule has 0 aliphatic heterocycles. The van der Waals surface area contributed by atoms with E-state index in [9.17, 15) is 0 Å². The predicted octanol–water partition coefficient (Wildman–Crippen LogP) is 4.75. The summed E-state index contributed by atoms with van der Waals surface area (Å²) < 4.78 is 6.34. The average molecular weight is 309 g/mol. The van der Waals surface area contributed by atoms with E-state index in [0.717, 1.165) is 16.0 Å². The zero-order chi connectivity index (χ0) is 12.1. The smallest absolute Gasteiger partial charge is 0.120 e. The first kappa shape index (κ1) is 12.5. The average Bonchev–Trinajstić information content (AvgIpc) is 2.39. The predicted molar refractivity (Wildman–Crippen MR) is 76.7 cm³/mol. The molecule has 17 heavy (non-hydrogen) atoms. The maximum Gasteiger partial charge on any atom is 0.120 e. The van der Waals surface area contributed by atoms with Crippen LogP contribution in [-0.2, 0) is 5.75 Å². The molecule has 0 radical (unpaired) electrons. The van der Waals surface area contributed by atoms with Crippen molar-refractivity contribution in [3.63, 3.8) is 0 Å². The molecule has 0 aliphatic carbocycles. The largest absolute Gasteiger partial charge is 0.497 e. The van der Waals surface area contributed by atoms with Crippen molar-refractivity contribution in [2.75, 3.05) is 7.11 Å². The van der Waals surface area contributed by atoms with Crippen LogP contribution in [0.2, 0.25) is 0 Å². The van der Waals surface area contributed by atoms with Gasteiger partial charge >= 0.3 is 0 Å². The third kappa shape index (κ3) is 3.51. The second kappa shape index (κ2) is 6.12. The van der Waals surface area contributed by atoms with Gasteiger partial charge in [0, 0.05) is 15.1 Å². The topological polar surface area (TPSA) is 9.23 Å². The SMILES string of the molecule is COc1ccc(Br)c(SCc2ccccc2)c1. The Morgan fingerprint density at radius 3 is 2.59 bits per heavy atom. The van der Waals surface area contributed by atoms with Crippen LogP contribution in [0.5, 0.6) is 5.75 Å². The van der Waals surface area contributed by atoms with Crippen molar-refractivity contribution in [3.8, 4) is 5.75 Å². The van der Waals surface area contributed by atoms with E-state index in [-0.39, 0.29) is 0 Å². The second-order valence-electron chi connectivity index (χ2n) is 3.57. The number of hydrogen-bond donors (Lipinski definition) is 0. The van der Waals surface area contributed by atoms with E-state index in [1.807, 2.05) is 18.2 Å². The van der Waals surface area contributed by atoms with Gasteiger partial charge in [0.2, 0.25) is 0 Å². The Balaban J connectivity index is 2.08. The van der Waals surface area contributed by atoms with Gasteiger partial charge in [0.15, 0.2) is 0 Å². The highest BCUT2D eigenvalue weighted by atomic mass is 79.9. The monoisotopic (exact) mass is 308 g/mol. The molecule has 0 fully saturated rings. The Morgan fingerprint density at radius 2 is 1.88 bits per heavy atom. The molecule has 0 bridgehead atoms. The van der Waals surface area contributed by atoms with Gasteiger partial charge in [-0.05, 0) is 39.7 Å². The van der Waals surface area contributed by atoms with Gasteiger partial charge in [0.25, 0.3) is 0 Å². The van der Waals surface area contributed by atoms with E-state index in [1.54, 1.807) is 18.9 Å². The van der Waals surface area contributed by atoms with Crippen LogP contribution in [-0.4, -0.2) is 7.11 Å². The lowest BCUT2D eigenvalue weighted by Crippen LogP contribution is -1.85. The molecule has 0 amide bonds. The van der Waals surface area contributed by atoms with E-state index in [2.05, 4.69) is 46.3 Å². The van der Waals surface area contributed by atoms with E-state index < -0.39 is 0 Å². The van der Waals surface area contributed by atoms with Crippen molar-refractivity contribution in [1.82, 2.24) is 0 Å². The van der Waals surface area contributed by atoms with Crippen LogP contribution in [0, 0.1) is 0 Å². The van der Waals surface area contributed by atoms with Gasteiger partial charge in [-0.1, -0.05) is 30.3 Å². The van der Waals surface area contributed by atoms with Gasteiger partial charge in [-0.2, -0.15) is 0 Å². The number of halogens is 1. The lowest BCUT2D eigenvalue weighted by Gasteiger charge is -2.07. The zero-order valence-corrected chi connectivity index (χ0v) is 11.9. The Morgan fingerprint density at radius 1 is 1.12 bits per heavy atom. The van der Waals surface area contributed by atoms with Crippen LogP contribution in [0.25, 0.3) is 0 Å². The Kier molecular flexibility index (Phi) is 4.51. The van der Waals surface area contributed by atoms with Gasteiger partial charge in [-0.15, -0.1) is 11.8 Å². The molecule has 0 saturated heterocycles. The molecule has 2 aromatic rings. The van der Waals surface area contributed by atoms with E-state index in [1.165, 1.54) is 10.5 Å². The number of rotatable bonds is 4. The molecule has 2 aromatic carbocycles. The first-order valence-corrected chi connectivity index (χ1v) is 7.08. The lowest BCUT2D eigenvalue weighted by atomic mass is 10.2. The summed E-state index contributed by atoms with van der Waals surface area (Å²) in [5.41, 5.74) is 1.33. The molecular formula is C14H13BrOS. The Bertz CT molecular complexity index is 485. The fraction of sp³-hybridized carbons (Fsp3) is 0.143. The number of benzene rings is 2. The van der Waals surface area contributed by atoms with E-state index in [4.69, 9.17) is 4.74 Å². The molecule has 3 heteroatoms. The van der Waals surface area contributed by atoms with Crippen LogP contribution < -0.4 is 4.74 Å². The van der Waals surface area contributed by atoms with Gasteiger partial charge < -0.3 is 4.74 Å². The number of thioether (sulfide) groups is 1. The summed E-state index contributed by atoms with van der Waals surface area (Å²) in [6, 6.07) is 16.5. The molecule has 0 saturated carbocycles. The molecule has 0 N–H and O–H groups in total. The maximum absolute atomic E-state index is 5.23. The van der Waals surface area contributed by atoms with Crippen LogP contribution in [0.1, 0.15) is 5.56 Å². The van der Waals surface area contributed by atoms with Crippen molar-refractivity contribution < 1.29 is 4.74 Å². The molecule has 1 nitrogen and oxygen atoms in total. The van der Waals surface area contributed by atoms with Gasteiger partial charge in [0.1, 0.15) is 5.75 Å². The van der Waals surface area contributed by atoms with Crippen LogP contribution >= 0.6 is 27.7 Å². The molecular weight excluding hydrogens is 296 g/mol. The summed E-state index contributed by atoms with van der Waals surface area (Å²) in [6.07, 6.45) is 0. The summed E-state index contributed by atoms with van der Waals surface area (Å²) in [7, 11) is 1.69. The third-order valence-electron chi connectivity index (χ3n) is 2.38. The molecule has 88 valence electrons. The molecule has 0 unspecified atom stereocenters. The molecule has 2 rings (SSSR count). The second-order valence-corrected chi connectivity index (χ2v) is 5.44. The van der Waals surface area contributed by atoms with E-state index >= 15 is 0 Å². The minimum Gasteiger partial charge on any atom is -0.497 e. The Labute approximate surface area is 114 Å². The molecule has 0 spiro atoms. The fourth-order valence-corrected chi connectivity index (χ4v) is 2.97. The van der Waals surface area contributed by atoms with Gasteiger partial charge in [-0.25, -0.2) is 0 Å². The number of hydrogen-bond acceptors (Lipinski definition) is 2. The van der Waals surface area contributed by atoms with Crippen LogP contribution in [0.3, 0.4) is 0 Å². The summed E-state index contributed by atoms with van der Waals surface area (Å²) in [4.78, 5) is 1.20. The molecule has 0 heterocycles. The van der Waals surface area contributed by atoms with Crippen molar-refractivity contribution in [3.05, 3.63) is 58.6 Å². The molecule has 0 aliphatic rings. The number of methoxy groups -OCH3 is 1. The van der Waals surface area contributed by atoms with Gasteiger partial charge in [-0.3, -0.25) is 0 Å². The lowest BCUT2D eigenvalue weighted by molar-refractivity contribution is 0.413. The van der Waals surface area contributed by atoms with Crippen molar-refractivity contribution in [2.24, 2.45) is 0 Å². The third-order valence-corrected chi connectivity index (χ3v) is 4.46. The Hall–Kier alpha value is -0.930. The summed E-state index contributed by atoms with van der Waals surface area (Å²) >= 11 is 5.36. The summed E-state index contributed by atoms with van der Waals surface area (Å²) in [6.45, 7) is 0. The van der Waals surface area contributed by atoms with Crippen molar-refractivity contribution in [1.29, 1.82) is 0 Å². The highest BCUT2D eigenvalue weighted by Gasteiger charge is 2.03. The minimum absolute atomic E-state index is 0.892. The molecule has 0 atom stereocenters. The van der Waals surface area contributed by atoms with E-state index in [0.29, 0.717) is 0 Å². The summed E-state index contributed by atoms with van der Waals surface area (Å²) in [5, 5.41) is 0. The van der Waals surface area contributed by atoms with Gasteiger partial charge in [0.05, 0.1) is 7.11 Å². The van der Waals surface area contributed by atoms with Crippen molar-refractivity contribution >= 4 is 27.7 Å². The molecule has 0 aromatic heterocycles. The van der Waals surface area contributed by atoms with Crippen LogP contribution in [0.4, 0.5) is 0 Å². The maximum atomic E-state index is 5.23. The fourth-order valence-electron chi connectivity index (χ4n) is 1.46. The first-order valence-electron chi connectivity index (χ1n) is 5.30. The highest BCUT2D eigenvalue weighted by molar-refractivity contribution is 9.10. The number of ether oxygens (including phenoxy) is 1. The zero-order valence-electron chi connectivity index (χ0n) is 9.52. The summed E-state index contributed by atoms with van der Waals surface area (Å²) in [5.74, 6) is 1.86. The first-order chi connectivity index (χ1) is 8.29. The highest BCUT2D eigenvalue weighted by Crippen LogP contribution is 2.32. The van der Waals surface area contributed by atoms with Crippen LogP contribution in [0.15, 0.2) is 57.9 Å². The van der Waals surface area contributed by atoms with Crippen molar-refractivity contribution in [2.45, 2.75) is 10.6 Å².